The van der Waals surface area contributed by atoms with Gasteiger partial charge in [0.15, 0.2) is 20.1 Å². The Morgan fingerprint density at radius 2 is 1.64 bits per heavy atom. The second-order valence-corrected chi connectivity index (χ2v) is 10.0. The highest BCUT2D eigenvalue weighted by molar-refractivity contribution is 7.90. The minimum Gasteiger partial charge on any atom is -0.264 e. The number of thiazole rings is 1. The molecule has 0 saturated heterocycles. The van der Waals surface area contributed by atoms with Crippen molar-refractivity contribution < 1.29 is 12.8 Å². The molecule has 0 fully saturated rings. The number of rotatable bonds is 4. The Morgan fingerprint density at radius 1 is 0.929 bits per heavy atom. The molecule has 4 aromatic rings. The van der Waals surface area contributed by atoms with Gasteiger partial charge in [0.1, 0.15) is 11.5 Å². The number of aromatic nitrogens is 2. The molecule has 2 aromatic heterocycles. The van der Waals surface area contributed by atoms with Crippen LogP contribution in [-0.2, 0) is 9.84 Å². The van der Waals surface area contributed by atoms with E-state index in [9.17, 15) is 12.8 Å². The van der Waals surface area contributed by atoms with Crippen LogP contribution in [0.3, 0.4) is 0 Å². The van der Waals surface area contributed by atoms with Crippen LogP contribution in [0.1, 0.15) is 0 Å². The van der Waals surface area contributed by atoms with Gasteiger partial charge >= 0.3 is 0 Å². The molecule has 0 radical (unpaired) electrons. The summed E-state index contributed by atoms with van der Waals surface area (Å²) >= 11 is 0. The predicted molar refractivity (Wildman–Crippen MR) is 110 cm³/mol. The lowest BCUT2D eigenvalue weighted by molar-refractivity contribution is 0.602. The maximum atomic E-state index is 13.3. The zero-order valence-corrected chi connectivity index (χ0v) is 16.5. The molecule has 0 spiro atoms. The average Bonchev–Trinajstić information content (AvgIpc) is 3.14. The molecular weight excluding hydrogens is 395 g/mol. The van der Waals surface area contributed by atoms with Crippen LogP contribution < -0.4 is 0 Å². The number of sulfone groups is 1. The first-order valence-electron chi connectivity index (χ1n) is 8.42. The molecule has 1 atom stereocenters. The number of hydrogen-bond acceptors (Lipinski definition) is 4. The summed E-state index contributed by atoms with van der Waals surface area (Å²) in [6, 6.07) is 16.9. The zero-order chi connectivity index (χ0) is 19.7. The lowest BCUT2D eigenvalue weighted by atomic mass is 10.2. The summed E-state index contributed by atoms with van der Waals surface area (Å²) in [6.07, 6.45) is 4.65. The molecular formula is C21H16FN2O2S2+. The van der Waals surface area contributed by atoms with Crippen molar-refractivity contribution >= 4 is 20.3 Å². The normalized spacial score (nSPS) is 12.1. The highest BCUT2D eigenvalue weighted by Crippen LogP contribution is 2.43. The lowest BCUT2D eigenvalue weighted by Crippen LogP contribution is -1.95. The van der Waals surface area contributed by atoms with E-state index in [0.29, 0.717) is 0 Å². The third-order valence-corrected chi connectivity index (χ3v) is 7.33. The highest BCUT2D eigenvalue weighted by Gasteiger charge is 2.25. The van der Waals surface area contributed by atoms with E-state index in [1.807, 2.05) is 29.6 Å². The van der Waals surface area contributed by atoms with Gasteiger partial charge in [-0.05, 0) is 60.7 Å². The Kier molecular flexibility index (Phi) is 4.78. The maximum Gasteiger partial charge on any atom is 0.281 e. The number of pyridine rings is 1. The fourth-order valence-corrected chi connectivity index (χ4v) is 5.31. The number of halogens is 1. The second kappa shape index (κ2) is 7.26. The Labute approximate surface area is 165 Å². The van der Waals surface area contributed by atoms with E-state index in [1.54, 1.807) is 36.7 Å². The fraction of sp³-hybridized carbons (Fsp3) is 0.0476. The summed E-state index contributed by atoms with van der Waals surface area (Å²) in [6.45, 7) is 0. The van der Waals surface area contributed by atoms with Crippen molar-refractivity contribution in [1.29, 1.82) is 0 Å². The van der Waals surface area contributed by atoms with Crippen molar-refractivity contribution in [2.24, 2.45) is 0 Å². The van der Waals surface area contributed by atoms with Crippen LogP contribution in [0.15, 0.2) is 83.3 Å². The highest BCUT2D eigenvalue weighted by atomic mass is 32.2. The SMILES string of the molecule is CS(=O)(=O)c1ccc(-[s+]2cc(-c3ccc(F)cc3)nc2-c2cccnc2)cc1. The van der Waals surface area contributed by atoms with Crippen LogP contribution >= 0.6 is 10.5 Å². The number of nitrogens with zero attached hydrogens (tertiary/aromatic N) is 2. The molecule has 2 heterocycles. The quantitative estimate of drug-likeness (QED) is 0.439. The Balaban J connectivity index is 1.86. The summed E-state index contributed by atoms with van der Waals surface area (Å²) in [5.74, 6) is -0.297. The third-order valence-electron chi connectivity index (χ3n) is 4.21. The van der Waals surface area contributed by atoms with Crippen LogP contribution in [0.2, 0.25) is 0 Å². The van der Waals surface area contributed by atoms with E-state index >= 15 is 0 Å². The van der Waals surface area contributed by atoms with Gasteiger partial charge < -0.3 is 0 Å². The Bertz CT molecular complexity index is 1220. The molecule has 0 N–H and O–H groups in total. The first kappa shape index (κ1) is 18.5. The van der Waals surface area contributed by atoms with Crippen molar-refractivity contribution in [3.63, 3.8) is 0 Å². The standard InChI is InChI=1S/C21H16FN2O2S2/c1-28(25,26)19-10-8-18(9-11-19)27-14-20(15-4-6-17(22)7-5-15)24-21(27)16-3-2-12-23-13-16/h2-14H,1H3/q+1. The number of hydrogen-bond donors (Lipinski definition) is 0. The van der Waals surface area contributed by atoms with Crippen LogP contribution in [0.25, 0.3) is 26.7 Å². The van der Waals surface area contributed by atoms with E-state index in [0.717, 1.165) is 26.7 Å². The largest absolute Gasteiger partial charge is 0.281 e. The monoisotopic (exact) mass is 411 g/mol. The van der Waals surface area contributed by atoms with E-state index in [-0.39, 0.29) is 10.7 Å². The molecule has 140 valence electrons. The molecule has 0 bridgehead atoms. The molecule has 0 aliphatic rings. The van der Waals surface area contributed by atoms with Crippen molar-refractivity contribution in [3.05, 3.63) is 84.3 Å². The van der Waals surface area contributed by atoms with Crippen LogP contribution in [0.4, 0.5) is 4.39 Å². The summed E-state index contributed by atoms with van der Waals surface area (Å²) in [4.78, 5) is 10.2. The number of benzene rings is 2. The molecule has 0 aliphatic carbocycles. The molecule has 28 heavy (non-hydrogen) atoms. The first-order valence-corrected chi connectivity index (χ1v) is 11.6. The van der Waals surface area contributed by atoms with Crippen LogP contribution in [0.5, 0.6) is 0 Å². The minimum atomic E-state index is -3.25. The lowest BCUT2D eigenvalue weighted by Gasteiger charge is -1.98. The van der Waals surface area contributed by atoms with Gasteiger partial charge in [0, 0.05) is 34.7 Å². The van der Waals surface area contributed by atoms with Gasteiger partial charge in [-0.1, -0.05) is 0 Å². The Hall–Kier alpha value is -2.90. The minimum absolute atomic E-state index is 0.279. The smallest absolute Gasteiger partial charge is 0.264 e. The molecule has 7 heteroatoms. The molecule has 0 aliphatic heterocycles. The molecule has 4 nitrogen and oxygen atoms in total. The van der Waals surface area contributed by atoms with E-state index < -0.39 is 20.3 Å². The van der Waals surface area contributed by atoms with Gasteiger partial charge in [0.25, 0.3) is 5.01 Å². The van der Waals surface area contributed by atoms with Gasteiger partial charge in [0.2, 0.25) is 0 Å². The maximum absolute atomic E-state index is 13.3. The summed E-state index contributed by atoms with van der Waals surface area (Å²) in [5.41, 5.74) is 2.48. The van der Waals surface area contributed by atoms with Gasteiger partial charge in [-0.2, -0.15) is 4.98 Å². The van der Waals surface area contributed by atoms with Crippen LogP contribution in [0, 0.1) is 5.82 Å². The van der Waals surface area contributed by atoms with Gasteiger partial charge in [-0.3, -0.25) is 4.98 Å². The molecule has 2 aromatic carbocycles. The van der Waals surface area contributed by atoms with Crippen molar-refractivity contribution in [3.8, 4) is 26.7 Å². The zero-order valence-electron chi connectivity index (χ0n) is 14.9. The summed E-state index contributed by atoms with van der Waals surface area (Å²) < 4.78 is 36.8. The van der Waals surface area contributed by atoms with E-state index in [1.165, 1.54) is 18.4 Å². The summed E-state index contributed by atoms with van der Waals surface area (Å²) in [5, 5.41) is 2.88. The predicted octanol–water partition coefficient (Wildman–Crippen LogP) is 5.09. The fourth-order valence-electron chi connectivity index (χ4n) is 2.80. The molecule has 1 unspecified atom stereocenters. The average molecular weight is 412 g/mol. The summed E-state index contributed by atoms with van der Waals surface area (Å²) in [7, 11) is -3.75. The van der Waals surface area contributed by atoms with Gasteiger partial charge in [0.05, 0.1) is 10.5 Å². The first-order chi connectivity index (χ1) is 13.4. The second-order valence-electron chi connectivity index (χ2n) is 6.25. The van der Waals surface area contributed by atoms with Gasteiger partial charge in [-0.25, -0.2) is 12.8 Å². The molecule has 4 rings (SSSR count). The molecule has 0 saturated carbocycles. The van der Waals surface area contributed by atoms with E-state index in [4.69, 9.17) is 4.98 Å². The van der Waals surface area contributed by atoms with Crippen molar-refractivity contribution in [1.82, 2.24) is 9.97 Å². The molecule has 0 amide bonds. The van der Waals surface area contributed by atoms with Crippen molar-refractivity contribution in [2.75, 3.05) is 6.26 Å². The van der Waals surface area contributed by atoms with Crippen LogP contribution in [-0.4, -0.2) is 24.6 Å². The van der Waals surface area contributed by atoms with Crippen molar-refractivity contribution in [2.45, 2.75) is 4.90 Å². The van der Waals surface area contributed by atoms with Gasteiger partial charge in [-0.15, -0.1) is 0 Å². The van der Waals surface area contributed by atoms with E-state index in [2.05, 4.69) is 4.98 Å². The third kappa shape index (κ3) is 3.72. The Morgan fingerprint density at radius 3 is 2.25 bits per heavy atom. The topological polar surface area (TPSA) is 59.9 Å².